The fraction of sp³-hybridized carbons (Fsp3) is 0.0952. The van der Waals surface area contributed by atoms with Gasteiger partial charge in [-0.05, 0) is 40.1 Å². The Bertz CT molecular complexity index is 913. The highest BCUT2D eigenvalue weighted by Gasteiger charge is 2.04. The molecule has 0 aliphatic carbocycles. The Morgan fingerprint density at radius 2 is 1.58 bits per heavy atom. The van der Waals surface area contributed by atoms with Crippen LogP contribution in [-0.2, 0) is 4.79 Å². The molecule has 3 aromatic carbocycles. The average Bonchev–Trinajstić information content (AvgIpc) is 2.59. The molecule has 0 radical (unpaired) electrons. The lowest BCUT2D eigenvalue weighted by molar-refractivity contribution is -0.114. The van der Waals surface area contributed by atoms with E-state index in [9.17, 15) is 4.79 Å². The van der Waals surface area contributed by atoms with Crippen LogP contribution in [0.15, 0.2) is 60.7 Å². The predicted octanol–water partition coefficient (Wildman–Crippen LogP) is 4.98. The van der Waals surface area contributed by atoms with Crippen molar-refractivity contribution in [2.24, 2.45) is 0 Å². The molecule has 0 atom stereocenters. The van der Waals surface area contributed by atoms with Crippen molar-refractivity contribution in [1.29, 1.82) is 0 Å². The normalized spacial score (nSPS) is 10.9. The highest BCUT2D eigenvalue weighted by Crippen LogP contribution is 2.26. The Morgan fingerprint density at radius 3 is 2.29 bits per heavy atom. The van der Waals surface area contributed by atoms with Gasteiger partial charge in [-0.3, -0.25) is 4.79 Å². The van der Waals surface area contributed by atoms with Gasteiger partial charge in [0.2, 0.25) is 5.91 Å². The molecular formula is C21H19NO2. The zero-order valence-corrected chi connectivity index (χ0v) is 13.7. The van der Waals surface area contributed by atoms with E-state index in [4.69, 9.17) is 4.74 Å². The third kappa shape index (κ3) is 3.63. The lowest BCUT2D eigenvalue weighted by Gasteiger charge is -2.09. The molecule has 24 heavy (non-hydrogen) atoms. The van der Waals surface area contributed by atoms with Crippen LogP contribution in [0.3, 0.4) is 0 Å². The second kappa shape index (κ2) is 7.01. The smallest absolute Gasteiger partial charge is 0.221 e. The summed E-state index contributed by atoms with van der Waals surface area (Å²) in [6, 6.07) is 20.4. The number of nitrogens with one attached hydrogen (secondary N) is 1. The molecule has 0 bridgehead atoms. The monoisotopic (exact) mass is 317 g/mol. The highest BCUT2D eigenvalue weighted by atomic mass is 16.5. The first-order chi connectivity index (χ1) is 11.7. The van der Waals surface area contributed by atoms with Crippen LogP contribution in [0.1, 0.15) is 18.1 Å². The first-order valence-corrected chi connectivity index (χ1v) is 7.78. The summed E-state index contributed by atoms with van der Waals surface area (Å²) in [4.78, 5) is 11.3. The highest BCUT2D eigenvalue weighted by molar-refractivity contribution is 5.91. The van der Waals surface area contributed by atoms with Gasteiger partial charge in [0.15, 0.2) is 0 Å². The van der Waals surface area contributed by atoms with Crippen LogP contribution in [-0.4, -0.2) is 13.0 Å². The number of amides is 1. The average molecular weight is 317 g/mol. The molecule has 120 valence electrons. The summed E-state index contributed by atoms with van der Waals surface area (Å²) < 4.78 is 5.27. The Hall–Kier alpha value is -3.07. The van der Waals surface area contributed by atoms with E-state index in [-0.39, 0.29) is 5.91 Å². The Morgan fingerprint density at radius 1 is 0.917 bits per heavy atom. The van der Waals surface area contributed by atoms with E-state index in [0.29, 0.717) is 11.4 Å². The van der Waals surface area contributed by atoms with E-state index in [1.54, 1.807) is 7.11 Å². The van der Waals surface area contributed by atoms with Gasteiger partial charge in [0, 0.05) is 6.92 Å². The molecule has 0 spiro atoms. The summed E-state index contributed by atoms with van der Waals surface area (Å²) >= 11 is 0. The minimum Gasteiger partial charge on any atom is -0.495 e. The number of hydrogen-bond acceptors (Lipinski definition) is 2. The second-order valence-corrected chi connectivity index (χ2v) is 5.58. The molecule has 0 fully saturated rings. The van der Waals surface area contributed by atoms with Crippen LogP contribution in [0.2, 0.25) is 0 Å². The lowest BCUT2D eigenvalue weighted by atomic mass is 10.1. The summed E-state index contributed by atoms with van der Waals surface area (Å²) in [5, 5.41) is 5.23. The summed E-state index contributed by atoms with van der Waals surface area (Å²) in [5.74, 6) is 0.525. The van der Waals surface area contributed by atoms with Crippen LogP contribution in [0, 0.1) is 0 Å². The molecule has 1 N–H and O–H groups in total. The van der Waals surface area contributed by atoms with Gasteiger partial charge in [-0.2, -0.15) is 0 Å². The number of carbonyl (C=O) groups is 1. The first-order valence-electron chi connectivity index (χ1n) is 7.78. The predicted molar refractivity (Wildman–Crippen MR) is 100 cm³/mol. The summed E-state index contributed by atoms with van der Waals surface area (Å²) in [7, 11) is 1.59. The quantitative estimate of drug-likeness (QED) is 0.689. The van der Waals surface area contributed by atoms with E-state index in [0.717, 1.165) is 11.1 Å². The number of anilines is 1. The molecule has 0 unspecified atom stereocenters. The van der Waals surface area contributed by atoms with Crippen LogP contribution in [0.25, 0.3) is 22.9 Å². The summed E-state index contributed by atoms with van der Waals surface area (Å²) in [6.45, 7) is 1.48. The number of benzene rings is 3. The molecule has 0 aliphatic rings. The molecule has 0 saturated carbocycles. The van der Waals surface area contributed by atoms with Crippen molar-refractivity contribution in [3.63, 3.8) is 0 Å². The zero-order valence-electron chi connectivity index (χ0n) is 13.7. The van der Waals surface area contributed by atoms with Crippen molar-refractivity contribution in [3.05, 3.63) is 71.8 Å². The third-order valence-corrected chi connectivity index (χ3v) is 3.78. The van der Waals surface area contributed by atoms with Crippen LogP contribution < -0.4 is 10.1 Å². The van der Waals surface area contributed by atoms with Gasteiger partial charge >= 0.3 is 0 Å². The van der Waals surface area contributed by atoms with Crippen molar-refractivity contribution >= 4 is 34.5 Å². The SMILES string of the molecule is COc1ccc(/C=C\c2ccc3ccccc3c2)cc1NC(C)=O. The second-order valence-electron chi connectivity index (χ2n) is 5.58. The van der Waals surface area contributed by atoms with Crippen molar-refractivity contribution in [2.45, 2.75) is 6.92 Å². The summed E-state index contributed by atoms with van der Waals surface area (Å²) in [6.07, 6.45) is 4.08. The third-order valence-electron chi connectivity index (χ3n) is 3.78. The molecule has 0 saturated heterocycles. The van der Waals surface area contributed by atoms with Gasteiger partial charge in [-0.1, -0.05) is 54.6 Å². The molecule has 0 aromatic heterocycles. The summed E-state index contributed by atoms with van der Waals surface area (Å²) in [5.41, 5.74) is 2.80. The van der Waals surface area contributed by atoms with E-state index in [1.807, 2.05) is 36.4 Å². The molecule has 0 heterocycles. The molecule has 3 rings (SSSR count). The number of methoxy groups -OCH3 is 1. The maximum absolute atomic E-state index is 11.3. The van der Waals surface area contributed by atoms with Crippen molar-refractivity contribution in [1.82, 2.24) is 0 Å². The maximum Gasteiger partial charge on any atom is 0.221 e. The van der Waals surface area contributed by atoms with Crippen molar-refractivity contribution < 1.29 is 9.53 Å². The van der Waals surface area contributed by atoms with Gasteiger partial charge in [-0.25, -0.2) is 0 Å². The first kappa shape index (κ1) is 15.8. The van der Waals surface area contributed by atoms with Crippen molar-refractivity contribution in [2.75, 3.05) is 12.4 Å². The van der Waals surface area contributed by atoms with E-state index in [1.165, 1.54) is 17.7 Å². The van der Waals surface area contributed by atoms with Crippen LogP contribution >= 0.6 is 0 Å². The van der Waals surface area contributed by atoms with E-state index in [2.05, 4.69) is 41.7 Å². The van der Waals surface area contributed by atoms with E-state index >= 15 is 0 Å². The number of rotatable bonds is 4. The molecule has 0 aliphatic heterocycles. The molecular weight excluding hydrogens is 298 g/mol. The topological polar surface area (TPSA) is 38.3 Å². The van der Waals surface area contributed by atoms with Gasteiger partial charge in [-0.15, -0.1) is 0 Å². The van der Waals surface area contributed by atoms with Gasteiger partial charge in [0.25, 0.3) is 0 Å². The minimum absolute atomic E-state index is 0.121. The fourth-order valence-electron chi connectivity index (χ4n) is 2.62. The minimum atomic E-state index is -0.121. The Balaban J connectivity index is 1.88. The number of carbonyl (C=O) groups excluding carboxylic acids is 1. The molecule has 3 heteroatoms. The van der Waals surface area contributed by atoms with Gasteiger partial charge in [0.05, 0.1) is 12.8 Å². The van der Waals surface area contributed by atoms with E-state index < -0.39 is 0 Å². The number of ether oxygens (including phenoxy) is 1. The number of fused-ring (bicyclic) bond motifs is 1. The van der Waals surface area contributed by atoms with Crippen molar-refractivity contribution in [3.8, 4) is 5.75 Å². The Kier molecular flexibility index (Phi) is 4.62. The van der Waals surface area contributed by atoms with Crippen LogP contribution in [0.4, 0.5) is 5.69 Å². The number of hydrogen-bond donors (Lipinski definition) is 1. The van der Waals surface area contributed by atoms with Gasteiger partial charge < -0.3 is 10.1 Å². The molecule has 3 aromatic rings. The lowest BCUT2D eigenvalue weighted by Crippen LogP contribution is -2.07. The van der Waals surface area contributed by atoms with Crippen LogP contribution in [0.5, 0.6) is 5.75 Å². The zero-order chi connectivity index (χ0) is 16.9. The fourth-order valence-corrected chi connectivity index (χ4v) is 2.62. The largest absolute Gasteiger partial charge is 0.495 e. The maximum atomic E-state index is 11.3. The van der Waals surface area contributed by atoms with Gasteiger partial charge in [0.1, 0.15) is 5.75 Å². The molecule has 3 nitrogen and oxygen atoms in total. The standard InChI is InChI=1S/C21H19NO2/c1-15(23)22-20-14-17(10-12-21(20)24-2)8-7-16-9-11-18-5-3-4-6-19(18)13-16/h3-14H,1-2H3,(H,22,23)/b8-7-. The molecule has 1 amide bonds. The Labute approximate surface area is 141 Å².